The molecule has 0 saturated heterocycles. The van der Waals surface area contributed by atoms with Gasteiger partial charge >= 0.3 is 17.1 Å². The molecule has 0 aliphatic rings. The van der Waals surface area contributed by atoms with E-state index in [1.807, 2.05) is 9.97 Å². The van der Waals surface area contributed by atoms with Crippen LogP contribution in [-0.4, -0.2) is 19.0 Å². The Labute approximate surface area is 67.3 Å². The molecule has 0 bridgehead atoms. The highest BCUT2D eigenvalue weighted by Crippen LogP contribution is 1.68. The number of halogens is 1. The third kappa shape index (κ3) is 1.88. The molecule has 0 atom stereocenters. The van der Waals surface area contributed by atoms with Crippen LogP contribution in [0.5, 0.6) is 0 Å². The molecule has 1 aromatic heterocycles. The van der Waals surface area contributed by atoms with E-state index < -0.39 is 17.1 Å². The summed E-state index contributed by atoms with van der Waals surface area (Å²) in [6, 6.07) is 0. The maximum Gasteiger partial charge on any atom is 0.344 e. The van der Waals surface area contributed by atoms with E-state index in [2.05, 4.69) is 16.1 Å². The Kier molecular flexibility index (Phi) is 2.96. The molecule has 0 fully saturated rings. The van der Waals surface area contributed by atoms with Gasteiger partial charge in [-0.2, -0.15) is 3.59 Å². The lowest BCUT2D eigenvalue weighted by atomic mass is 11.0. The number of rotatable bonds is 0. The summed E-state index contributed by atoms with van der Waals surface area (Å²) < 4.78 is 0.578. The summed E-state index contributed by atoms with van der Waals surface area (Å²) in [6.07, 6.45) is 0. The highest BCUT2D eigenvalue weighted by Gasteiger charge is 1.95. The van der Waals surface area contributed by atoms with E-state index in [0.717, 1.165) is 0 Å². The van der Waals surface area contributed by atoms with E-state index in [1.54, 1.807) is 0 Å². The Bertz CT molecular complexity index is 366. The number of nitrogens with one attached hydrogen (secondary N) is 2. The predicted octanol–water partition coefficient (Wildman–Crippen LogP) is -2.44. The van der Waals surface area contributed by atoms with Crippen molar-refractivity contribution in [1.29, 1.82) is 0 Å². The normalized spacial score (nSPS) is 8.82. The molecule has 1 rings (SSSR count). The van der Waals surface area contributed by atoms with E-state index in [9.17, 15) is 14.4 Å². The summed E-state index contributed by atoms with van der Waals surface area (Å²) in [5.41, 5.74) is -2.41. The lowest BCUT2D eigenvalue weighted by Gasteiger charge is -1.86. The van der Waals surface area contributed by atoms with Crippen LogP contribution in [0.4, 0.5) is 0 Å². The lowest BCUT2D eigenvalue weighted by molar-refractivity contribution is 0.824. The second-order valence-electron chi connectivity index (χ2n) is 1.47. The fourth-order valence-corrected chi connectivity index (χ4v) is 0.593. The van der Waals surface area contributed by atoms with Gasteiger partial charge in [0, 0.05) is 0 Å². The van der Waals surface area contributed by atoms with Crippen LogP contribution >= 0.6 is 16.1 Å². The fraction of sp³-hybridized carbons (Fsp3) is 0. The van der Waals surface area contributed by atoms with Crippen LogP contribution in [0.1, 0.15) is 0 Å². The molecule has 0 amide bonds. The maximum absolute atomic E-state index is 10.5. The van der Waals surface area contributed by atoms with Crippen molar-refractivity contribution in [3.05, 3.63) is 31.5 Å². The highest BCUT2D eigenvalue weighted by atomic mass is 79.9. The Morgan fingerprint density at radius 1 is 1.09 bits per heavy atom. The molecular formula is C3H4BrN3O4. The first kappa shape index (κ1) is 9.85. The summed E-state index contributed by atoms with van der Waals surface area (Å²) >= 11 is 2.60. The minimum absolute atomic E-state index is 0. The van der Waals surface area contributed by atoms with Crippen LogP contribution in [0.2, 0.25) is 0 Å². The second-order valence-corrected chi connectivity index (χ2v) is 2.18. The Hall–Kier alpha value is -1.15. The van der Waals surface area contributed by atoms with Crippen molar-refractivity contribution in [1.82, 2.24) is 13.6 Å². The lowest BCUT2D eigenvalue weighted by Crippen LogP contribution is -2.38. The number of aromatic nitrogens is 3. The predicted molar refractivity (Wildman–Crippen MR) is 39.9 cm³/mol. The van der Waals surface area contributed by atoms with Gasteiger partial charge in [-0.05, 0) is 0 Å². The van der Waals surface area contributed by atoms with E-state index in [-0.39, 0.29) is 5.48 Å². The van der Waals surface area contributed by atoms with Crippen LogP contribution < -0.4 is 17.1 Å². The molecule has 8 heteroatoms. The van der Waals surface area contributed by atoms with E-state index in [1.165, 1.54) is 0 Å². The highest BCUT2D eigenvalue weighted by molar-refractivity contribution is 9.08. The van der Waals surface area contributed by atoms with Crippen LogP contribution in [0.15, 0.2) is 14.4 Å². The number of aromatic amines is 2. The molecule has 0 radical (unpaired) electrons. The van der Waals surface area contributed by atoms with Gasteiger partial charge in [0.05, 0.1) is 16.1 Å². The zero-order valence-corrected chi connectivity index (χ0v) is 6.64. The van der Waals surface area contributed by atoms with Crippen molar-refractivity contribution < 1.29 is 5.48 Å². The van der Waals surface area contributed by atoms with Crippen molar-refractivity contribution in [2.24, 2.45) is 0 Å². The first-order valence-corrected chi connectivity index (χ1v) is 2.94. The van der Waals surface area contributed by atoms with Gasteiger partial charge in [0.1, 0.15) is 0 Å². The summed E-state index contributed by atoms with van der Waals surface area (Å²) in [4.78, 5) is 35.0. The molecule has 7 nitrogen and oxygen atoms in total. The van der Waals surface area contributed by atoms with E-state index in [4.69, 9.17) is 0 Å². The molecule has 0 spiro atoms. The van der Waals surface area contributed by atoms with Crippen LogP contribution in [0.25, 0.3) is 0 Å². The third-order valence-corrected chi connectivity index (χ3v) is 1.44. The van der Waals surface area contributed by atoms with Crippen molar-refractivity contribution >= 4 is 16.1 Å². The molecule has 0 aliphatic heterocycles. The van der Waals surface area contributed by atoms with Crippen molar-refractivity contribution in [3.8, 4) is 0 Å². The average Bonchev–Trinajstić information content (AvgIpc) is 1.82. The van der Waals surface area contributed by atoms with Gasteiger partial charge in [0.25, 0.3) is 0 Å². The van der Waals surface area contributed by atoms with Gasteiger partial charge in [-0.15, -0.1) is 0 Å². The van der Waals surface area contributed by atoms with Gasteiger partial charge in [0.2, 0.25) is 0 Å². The molecule has 62 valence electrons. The monoisotopic (exact) mass is 225 g/mol. The minimum atomic E-state index is -0.814. The number of hydrogen-bond acceptors (Lipinski definition) is 3. The maximum atomic E-state index is 10.5. The molecule has 4 N–H and O–H groups in total. The Morgan fingerprint density at radius 2 is 1.45 bits per heavy atom. The average molecular weight is 226 g/mol. The smallest absolute Gasteiger partial charge is 0.344 e. The van der Waals surface area contributed by atoms with Gasteiger partial charge in [0.15, 0.2) is 0 Å². The molecule has 0 unspecified atom stereocenters. The molecule has 0 aliphatic carbocycles. The van der Waals surface area contributed by atoms with Crippen LogP contribution in [-0.2, 0) is 0 Å². The molecule has 0 aromatic carbocycles. The van der Waals surface area contributed by atoms with Gasteiger partial charge in [-0.3, -0.25) is 9.97 Å². The van der Waals surface area contributed by atoms with Gasteiger partial charge in [-0.25, -0.2) is 14.4 Å². The topological polar surface area (TPSA) is 119 Å². The first-order chi connectivity index (χ1) is 4.61. The first-order valence-electron chi connectivity index (χ1n) is 2.23. The molecule has 0 saturated carbocycles. The minimum Gasteiger partial charge on any atom is -0.412 e. The molecular weight excluding hydrogens is 222 g/mol. The Balaban J connectivity index is 0.000001000. The van der Waals surface area contributed by atoms with Crippen molar-refractivity contribution in [2.45, 2.75) is 0 Å². The molecule has 11 heavy (non-hydrogen) atoms. The zero-order valence-electron chi connectivity index (χ0n) is 5.05. The zero-order chi connectivity index (χ0) is 7.72. The van der Waals surface area contributed by atoms with Crippen molar-refractivity contribution in [3.63, 3.8) is 0 Å². The van der Waals surface area contributed by atoms with Crippen molar-refractivity contribution in [2.75, 3.05) is 0 Å². The summed E-state index contributed by atoms with van der Waals surface area (Å²) in [5.74, 6) is 0. The van der Waals surface area contributed by atoms with Crippen LogP contribution in [0.3, 0.4) is 0 Å². The standard InChI is InChI=1S/C3H2BrN3O3.H2O/c4-7-2(9)5-1(8)6-3(7)10;/h(H2,5,6,8,9,10);1H2. The van der Waals surface area contributed by atoms with Gasteiger partial charge < -0.3 is 5.48 Å². The second kappa shape index (κ2) is 3.30. The Morgan fingerprint density at radius 3 is 1.82 bits per heavy atom. The summed E-state index contributed by atoms with van der Waals surface area (Å²) in [5, 5.41) is 0. The van der Waals surface area contributed by atoms with Gasteiger partial charge in [-0.1, -0.05) is 0 Å². The SMILES string of the molecule is O.O=c1[nH]c(=O)n(Br)c(=O)[nH]1. The summed E-state index contributed by atoms with van der Waals surface area (Å²) in [6.45, 7) is 0. The molecule has 1 heterocycles. The van der Waals surface area contributed by atoms with E-state index >= 15 is 0 Å². The number of H-pyrrole nitrogens is 2. The van der Waals surface area contributed by atoms with Crippen LogP contribution in [0, 0.1) is 0 Å². The number of nitrogens with zero attached hydrogens (tertiary/aromatic N) is 1. The molecule has 1 aromatic rings. The third-order valence-electron chi connectivity index (χ3n) is 0.798. The van der Waals surface area contributed by atoms with E-state index in [0.29, 0.717) is 3.59 Å². The largest absolute Gasteiger partial charge is 0.412 e. The number of hydrogen-bond donors (Lipinski definition) is 2. The summed E-state index contributed by atoms with van der Waals surface area (Å²) in [7, 11) is 0. The quantitative estimate of drug-likeness (QED) is 0.511. The fourth-order valence-electron chi connectivity index (χ4n) is 0.416.